The monoisotopic (exact) mass is 349 g/mol. The van der Waals surface area contributed by atoms with E-state index in [1.54, 1.807) is 14.2 Å². The summed E-state index contributed by atoms with van der Waals surface area (Å²) >= 11 is 6.37. The van der Waals surface area contributed by atoms with Gasteiger partial charge >= 0.3 is 0 Å². The first-order chi connectivity index (χ1) is 11.6. The predicted molar refractivity (Wildman–Crippen MR) is 97.1 cm³/mol. The Bertz CT molecular complexity index is 661. The van der Waals surface area contributed by atoms with E-state index >= 15 is 0 Å². The minimum absolute atomic E-state index is 0.472. The highest BCUT2D eigenvalue weighted by Gasteiger charge is 2.11. The fourth-order valence-corrected chi connectivity index (χ4v) is 2.57. The molecule has 2 aromatic rings. The maximum atomic E-state index is 6.37. The Hall–Kier alpha value is -1.75. The number of rotatable bonds is 9. The van der Waals surface area contributed by atoms with Crippen molar-refractivity contribution >= 4 is 11.6 Å². The van der Waals surface area contributed by atoms with Gasteiger partial charge in [-0.2, -0.15) is 0 Å². The standard InChI is InChI=1S/C19H24ClNO3/c1-14-5-4-6-15(9-14)13-24-19-11-17(20)16(10-18(19)23-3)12-21-7-8-22-2/h4-6,9-11,21H,7-8,12-13H2,1-3H3. The minimum atomic E-state index is 0.472. The van der Waals surface area contributed by atoms with Crippen LogP contribution in [0.4, 0.5) is 0 Å². The van der Waals surface area contributed by atoms with Gasteiger partial charge in [0.25, 0.3) is 0 Å². The molecule has 0 aliphatic rings. The Morgan fingerprint density at radius 1 is 1.08 bits per heavy atom. The van der Waals surface area contributed by atoms with E-state index in [4.69, 9.17) is 25.8 Å². The second kappa shape index (κ2) is 9.52. The van der Waals surface area contributed by atoms with Crippen LogP contribution in [0.2, 0.25) is 5.02 Å². The molecule has 4 nitrogen and oxygen atoms in total. The number of nitrogens with one attached hydrogen (secondary N) is 1. The van der Waals surface area contributed by atoms with E-state index < -0.39 is 0 Å². The average Bonchev–Trinajstić information content (AvgIpc) is 2.58. The molecular weight excluding hydrogens is 326 g/mol. The lowest BCUT2D eigenvalue weighted by molar-refractivity contribution is 0.199. The normalized spacial score (nSPS) is 10.7. The van der Waals surface area contributed by atoms with Crippen molar-refractivity contribution in [2.45, 2.75) is 20.1 Å². The maximum absolute atomic E-state index is 6.37. The maximum Gasteiger partial charge on any atom is 0.163 e. The van der Waals surface area contributed by atoms with Gasteiger partial charge in [-0.05, 0) is 24.1 Å². The second-order valence-electron chi connectivity index (χ2n) is 5.54. The smallest absolute Gasteiger partial charge is 0.163 e. The molecule has 0 fully saturated rings. The molecule has 0 aliphatic heterocycles. The molecule has 130 valence electrons. The summed E-state index contributed by atoms with van der Waals surface area (Å²) in [6.07, 6.45) is 0. The van der Waals surface area contributed by atoms with Crippen LogP contribution in [0.25, 0.3) is 0 Å². The third-order valence-electron chi connectivity index (χ3n) is 3.61. The first-order valence-corrected chi connectivity index (χ1v) is 8.26. The lowest BCUT2D eigenvalue weighted by atomic mass is 10.1. The molecule has 1 N–H and O–H groups in total. The van der Waals surface area contributed by atoms with Crippen molar-refractivity contribution in [2.24, 2.45) is 0 Å². The molecule has 24 heavy (non-hydrogen) atoms. The zero-order chi connectivity index (χ0) is 17.4. The van der Waals surface area contributed by atoms with E-state index in [1.165, 1.54) is 5.56 Å². The van der Waals surface area contributed by atoms with Crippen molar-refractivity contribution in [2.75, 3.05) is 27.4 Å². The topological polar surface area (TPSA) is 39.7 Å². The van der Waals surface area contributed by atoms with Crippen molar-refractivity contribution in [1.29, 1.82) is 0 Å². The molecule has 0 radical (unpaired) electrons. The van der Waals surface area contributed by atoms with Gasteiger partial charge in [-0.15, -0.1) is 0 Å². The molecule has 0 bridgehead atoms. The van der Waals surface area contributed by atoms with Gasteiger partial charge in [-0.3, -0.25) is 0 Å². The van der Waals surface area contributed by atoms with E-state index in [2.05, 4.69) is 24.4 Å². The highest BCUT2D eigenvalue weighted by atomic mass is 35.5. The molecule has 0 atom stereocenters. The number of hydrogen-bond acceptors (Lipinski definition) is 4. The van der Waals surface area contributed by atoms with Gasteiger partial charge in [0.2, 0.25) is 0 Å². The molecule has 5 heteroatoms. The summed E-state index contributed by atoms with van der Waals surface area (Å²) in [6, 6.07) is 11.9. The summed E-state index contributed by atoms with van der Waals surface area (Å²) in [5.41, 5.74) is 3.28. The number of hydrogen-bond donors (Lipinski definition) is 1. The van der Waals surface area contributed by atoms with Crippen LogP contribution >= 0.6 is 11.6 Å². The summed E-state index contributed by atoms with van der Waals surface area (Å²) in [5, 5.41) is 3.93. The molecule has 0 amide bonds. The SMILES string of the molecule is COCCNCc1cc(OC)c(OCc2cccc(C)c2)cc1Cl. The van der Waals surface area contributed by atoms with E-state index in [0.717, 1.165) is 17.7 Å². The fraction of sp³-hybridized carbons (Fsp3) is 0.368. The molecule has 0 unspecified atom stereocenters. The number of halogens is 1. The molecule has 0 spiro atoms. The van der Waals surface area contributed by atoms with Gasteiger partial charge in [0.15, 0.2) is 11.5 Å². The molecular formula is C19H24ClNO3. The largest absolute Gasteiger partial charge is 0.493 e. The van der Waals surface area contributed by atoms with Crippen LogP contribution in [0.15, 0.2) is 36.4 Å². The number of methoxy groups -OCH3 is 2. The van der Waals surface area contributed by atoms with Gasteiger partial charge in [-0.1, -0.05) is 41.4 Å². The zero-order valence-corrected chi connectivity index (χ0v) is 15.2. The summed E-state index contributed by atoms with van der Waals surface area (Å²) in [7, 11) is 3.31. The van der Waals surface area contributed by atoms with Crippen molar-refractivity contribution in [3.8, 4) is 11.5 Å². The average molecular weight is 350 g/mol. The summed E-state index contributed by atoms with van der Waals surface area (Å²) in [6.45, 7) is 4.61. The molecule has 2 rings (SSSR count). The van der Waals surface area contributed by atoms with Crippen LogP contribution in [-0.4, -0.2) is 27.4 Å². The highest BCUT2D eigenvalue weighted by molar-refractivity contribution is 6.31. The number of benzene rings is 2. The van der Waals surface area contributed by atoms with Crippen LogP contribution in [0.3, 0.4) is 0 Å². The van der Waals surface area contributed by atoms with E-state index in [0.29, 0.717) is 36.3 Å². The Balaban J connectivity index is 2.05. The molecule has 0 aromatic heterocycles. The Labute approximate surface area is 148 Å². The second-order valence-corrected chi connectivity index (χ2v) is 5.95. The lowest BCUT2D eigenvalue weighted by Gasteiger charge is -2.14. The molecule has 0 aliphatic carbocycles. The molecule has 2 aromatic carbocycles. The highest BCUT2D eigenvalue weighted by Crippen LogP contribution is 2.34. The van der Waals surface area contributed by atoms with Crippen molar-refractivity contribution in [3.05, 3.63) is 58.1 Å². The Morgan fingerprint density at radius 3 is 2.62 bits per heavy atom. The molecule has 0 saturated carbocycles. The summed E-state index contributed by atoms with van der Waals surface area (Å²) in [4.78, 5) is 0. The van der Waals surface area contributed by atoms with Crippen LogP contribution in [-0.2, 0) is 17.9 Å². The third kappa shape index (κ3) is 5.41. The van der Waals surface area contributed by atoms with Gasteiger partial charge < -0.3 is 19.5 Å². The summed E-state index contributed by atoms with van der Waals surface area (Å²) in [5.74, 6) is 1.32. The van der Waals surface area contributed by atoms with Crippen LogP contribution in [0, 0.1) is 6.92 Å². The number of aryl methyl sites for hydroxylation is 1. The first-order valence-electron chi connectivity index (χ1n) is 7.88. The van der Waals surface area contributed by atoms with Crippen LogP contribution in [0.5, 0.6) is 11.5 Å². The quantitative estimate of drug-likeness (QED) is 0.695. The first kappa shape index (κ1) is 18.6. The van der Waals surface area contributed by atoms with Crippen LogP contribution < -0.4 is 14.8 Å². The van der Waals surface area contributed by atoms with Gasteiger partial charge in [-0.25, -0.2) is 0 Å². The number of ether oxygens (including phenoxy) is 3. The van der Waals surface area contributed by atoms with Crippen molar-refractivity contribution in [3.63, 3.8) is 0 Å². The van der Waals surface area contributed by atoms with Crippen LogP contribution in [0.1, 0.15) is 16.7 Å². The Kier molecular flexibility index (Phi) is 7.37. The summed E-state index contributed by atoms with van der Waals surface area (Å²) < 4.78 is 16.4. The predicted octanol–water partition coefficient (Wildman–Crippen LogP) is 3.97. The third-order valence-corrected chi connectivity index (χ3v) is 3.96. The lowest BCUT2D eigenvalue weighted by Crippen LogP contribution is -2.18. The minimum Gasteiger partial charge on any atom is -0.493 e. The van der Waals surface area contributed by atoms with Crippen molar-refractivity contribution < 1.29 is 14.2 Å². The van der Waals surface area contributed by atoms with Gasteiger partial charge in [0, 0.05) is 31.3 Å². The Morgan fingerprint density at radius 2 is 1.92 bits per heavy atom. The molecule has 0 heterocycles. The van der Waals surface area contributed by atoms with E-state index in [1.807, 2.05) is 24.3 Å². The fourth-order valence-electron chi connectivity index (χ4n) is 2.35. The zero-order valence-electron chi connectivity index (χ0n) is 14.4. The van der Waals surface area contributed by atoms with Crippen molar-refractivity contribution in [1.82, 2.24) is 5.32 Å². The van der Waals surface area contributed by atoms with Gasteiger partial charge in [0.05, 0.1) is 13.7 Å². The van der Waals surface area contributed by atoms with Gasteiger partial charge in [0.1, 0.15) is 6.61 Å². The molecule has 0 saturated heterocycles. The van der Waals surface area contributed by atoms with E-state index in [-0.39, 0.29) is 0 Å². The van der Waals surface area contributed by atoms with E-state index in [9.17, 15) is 0 Å².